The Bertz CT molecular complexity index is 354. The van der Waals surface area contributed by atoms with Gasteiger partial charge in [0.25, 0.3) is 0 Å². The van der Waals surface area contributed by atoms with Gasteiger partial charge in [-0.25, -0.2) is 0 Å². The molecule has 1 aliphatic heterocycles. The van der Waals surface area contributed by atoms with Gasteiger partial charge in [0.05, 0.1) is 0 Å². The Labute approximate surface area is 112 Å². The Morgan fingerprint density at radius 1 is 1.47 bits per heavy atom. The van der Waals surface area contributed by atoms with Gasteiger partial charge in [0.15, 0.2) is 0 Å². The lowest BCUT2D eigenvalue weighted by molar-refractivity contribution is 0.0886. The van der Waals surface area contributed by atoms with Crippen LogP contribution in [0.1, 0.15) is 26.2 Å². The molecule has 0 amide bonds. The van der Waals surface area contributed by atoms with Crippen LogP contribution >= 0.6 is 15.9 Å². The molecule has 17 heavy (non-hydrogen) atoms. The Balaban J connectivity index is 1.90. The highest BCUT2D eigenvalue weighted by Gasteiger charge is 2.20. The van der Waals surface area contributed by atoms with Crippen LogP contribution in [0.3, 0.4) is 0 Å². The summed E-state index contributed by atoms with van der Waals surface area (Å²) in [6, 6.07) is 8.12. The molecule has 0 aromatic heterocycles. The molecule has 0 saturated carbocycles. The van der Waals surface area contributed by atoms with Crippen molar-refractivity contribution in [3.8, 4) is 5.75 Å². The Kier molecular flexibility index (Phi) is 4.86. The van der Waals surface area contributed by atoms with Crippen LogP contribution in [0.25, 0.3) is 0 Å². The number of nitrogens with zero attached hydrogens (tertiary/aromatic N) is 1. The maximum absolute atomic E-state index is 6.04. The third-order valence-electron chi connectivity index (χ3n) is 3.10. The van der Waals surface area contributed by atoms with Crippen LogP contribution in [0.2, 0.25) is 0 Å². The second-order valence-corrected chi connectivity index (χ2v) is 5.56. The molecule has 3 heteroatoms. The largest absolute Gasteiger partial charge is 0.489 e. The number of rotatable bonds is 4. The van der Waals surface area contributed by atoms with E-state index in [1.165, 1.54) is 32.4 Å². The van der Waals surface area contributed by atoms with Crippen molar-refractivity contribution in [2.75, 3.05) is 19.6 Å². The molecular formula is C14H20BrNO. The molecule has 94 valence electrons. The normalized spacial score (nSPS) is 21.4. The first-order chi connectivity index (χ1) is 8.28. The molecule has 1 saturated heterocycles. The van der Waals surface area contributed by atoms with E-state index < -0.39 is 0 Å². The third-order valence-corrected chi connectivity index (χ3v) is 3.59. The Morgan fingerprint density at radius 2 is 2.35 bits per heavy atom. The van der Waals surface area contributed by atoms with Crippen LogP contribution in [0.15, 0.2) is 28.7 Å². The predicted molar refractivity (Wildman–Crippen MR) is 74.5 cm³/mol. The van der Waals surface area contributed by atoms with Crippen LogP contribution in [-0.4, -0.2) is 30.6 Å². The molecule has 0 spiro atoms. The molecule has 1 heterocycles. The van der Waals surface area contributed by atoms with Crippen LogP contribution in [0, 0.1) is 0 Å². The average molecular weight is 298 g/mol. The standard InChI is InChI=1S/C14H20BrNO/c1-2-8-16-9-4-7-14(11-16)17-13-6-3-5-12(15)10-13/h3,5-6,10,14H,2,4,7-9,11H2,1H3. The van der Waals surface area contributed by atoms with Crippen molar-refractivity contribution < 1.29 is 4.74 Å². The van der Waals surface area contributed by atoms with E-state index >= 15 is 0 Å². The SMILES string of the molecule is CCCN1CCCC(Oc2cccc(Br)c2)C1. The highest BCUT2D eigenvalue weighted by atomic mass is 79.9. The molecule has 1 unspecified atom stereocenters. The molecule has 0 N–H and O–H groups in total. The molecule has 1 aromatic carbocycles. The number of ether oxygens (including phenoxy) is 1. The summed E-state index contributed by atoms with van der Waals surface area (Å²) in [7, 11) is 0. The summed E-state index contributed by atoms with van der Waals surface area (Å²) in [5, 5.41) is 0. The maximum atomic E-state index is 6.04. The van der Waals surface area contributed by atoms with Crippen LogP contribution in [-0.2, 0) is 0 Å². The minimum atomic E-state index is 0.351. The van der Waals surface area contributed by atoms with E-state index in [1.807, 2.05) is 24.3 Å². The van der Waals surface area contributed by atoms with Crippen LogP contribution < -0.4 is 4.74 Å². The van der Waals surface area contributed by atoms with Gasteiger partial charge in [-0.3, -0.25) is 4.90 Å². The third kappa shape index (κ3) is 4.00. The topological polar surface area (TPSA) is 12.5 Å². The highest BCUT2D eigenvalue weighted by Crippen LogP contribution is 2.22. The molecule has 2 rings (SSSR count). The monoisotopic (exact) mass is 297 g/mol. The van der Waals surface area contributed by atoms with Crippen molar-refractivity contribution in [1.82, 2.24) is 4.90 Å². The first-order valence-electron chi connectivity index (χ1n) is 6.42. The van der Waals surface area contributed by atoms with Crippen molar-refractivity contribution in [2.45, 2.75) is 32.3 Å². The van der Waals surface area contributed by atoms with Gasteiger partial charge in [0, 0.05) is 11.0 Å². The Hall–Kier alpha value is -0.540. The molecule has 2 nitrogen and oxygen atoms in total. The smallest absolute Gasteiger partial charge is 0.120 e. The maximum Gasteiger partial charge on any atom is 0.120 e. The molecular weight excluding hydrogens is 278 g/mol. The molecule has 0 bridgehead atoms. The van der Waals surface area contributed by atoms with Crippen LogP contribution in [0.4, 0.5) is 0 Å². The van der Waals surface area contributed by atoms with E-state index in [9.17, 15) is 0 Å². The number of halogens is 1. The highest BCUT2D eigenvalue weighted by molar-refractivity contribution is 9.10. The number of piperidine rings is 1. The minimum Gasteiger partial charge on any atom is -0.489 e. The van der Waals surface area contributed by atoms with Gasteiger partial charge in [0.1, 0.15) is 11.9 Å². The zero-order valence-corrected chi connectivity index (χ0v) is 11.9. The van der Waals surface area contributed by atoms with Gasteiger partial charge >= 0.3 is 0 Å². The summed E-state index contributed by atoms with van der Waals surface area (Å²) in [5.41, 5.74) is 0. The molecule has 1 aliphatic rings. The predicted octanol–water partition coefficient (Wildman–Crippen LogP) is 3.70. The van der Waals surface area contributed by atoms with Gasteiger partial charge in [0.2, 0.25) is 0 Å². The lowest BCUT2D eigenvalue weighted by atomic mass is 10.1. The lowest BCUT2D eigenvalue weighted by Gasteiger charge is -2.32. The van der Waals surface area contributed by atoms with E-state index in [-0.39, 0.29) is 0 Å². The Morgan fingerprint density at radius 3 is 3.12 bits per heavy atom. The molecule has 1 fully saturated rings. The molecule has 0 aliphatic carbocycles. The first kappa shape index (κ1) is 12.9. The number of hydrogen-bond acceptors (Lipinski definition) is 2. The summed E-state index contributed by atoms with van der Waals surface area (Å²) in [6.45, 7) is 5.73. The van der Waals surface area contributed by atoms with E-state index in [4.69, 9.17) is 4.74 Å². The second-order valence-electron chi connectivity index (χ2n) is 4.64. The van der Waals surface area contributed by atoms with Gasteiger partial charge in [-0.05, 0) is 50.6 Å². The van der Waals surface area contributed by atoms with E-state index in [0.29, 0.717) is 6.10 Å². The molecule has 1 aromatic rings. The fourth-order valence-corrected chi connectivity index (χ4v) is 2.74. The zero-order valence-electron chi connectivity index (χ0n) is 10.4. The van der Waals surface area contributed by atoms with Gasteiger partial charge < -0.3 is 4.74 Å². The number of likely N-dealkylation sites (tertiary alicyclic amines) is 1. The fraction of sp³-hybridized carbons (Fsp3) is 0.571. The van der Waals surface area contributed by atoms with E-state index in [0.717, 1.165) is 16.8 Å². The minimum absolute atomic E-state index is 0.351. The van der Waals surface area contributed by atoms with Gasteiger partial charge in [-0.15, -0.1) is 0 Å². The van der Waals surface area contributed by atoms with E-state index in [1.54, 1.807) is 0 Å². The molecule has 0 radical (unpaired) electrons. The zero-order chi connectivity index (χ0) is 12.1. The van der Waals surface area contributed by atoms with Gasteiger partial charge in [-0.2, -0.15) is 0 Å². The summed E-state index contributed by atoms with van der Waals surface area (Å²) in [5.74, 6) is 0.975. The van der Waals surface area contributed by atoms with Crippen molar-refractivity contribution in [3.05, 3.63) is 28.7 Å². The van der Waals surface area contributed by atoms with Crippen molar-refractivity contribution in [1.29, 1.82) is 0 Å². The fourth-order valence-electron chi connectivity index (χ4n) is 2.36. The second kappa shape index (κ2) is 6.41. The average Bonchev–Trinajstić information content (AvgIpc) is 2.30. The summed E-state index contributed by atoms with van der Waals surface area (Å²) in [6.07, 6.45) is 4.00. The number of benzene rings is 1. The van der Waals surface area contributed by atoms with E-state index in [2.05, 4.69) is 27.8 Å². The summed E-state index contributed by atoms with van der Waals surface area (Å²) >= 11 is 3.47. The quantitative estimate of drug-likeness (QED) is 0.840. The van der Waals surface area contributed by atoms with Crippen molar-refractivity contribution in [2.24, 2.45) is 0 Å². The van der Waals surface area contributed by atoms with Crippen molar-refractivity contribution in [3.63, 3.8) is 0 Å². The van der Waals surface area contributed by atoms with Crippen molar-refractivity contribution >= 4 is 15.9 Å². The summed E-state index contributed by atoms with van der Waals surface area (Å²) < 4.78 is 7.12. The summed E-state index contributed by atoms with van der Waals surface area (Å²) in [4.78, 5) is 2.51. The first-order valence-corrected chi connectivity index (χ1v) is 7.22. The number of hydrogen-bond donors (Lipinski definition) is 0. The lowest BCUT2D eigenvalue weighted by Crippen LogP contribution is -2.41. The molecule has 1 atom stereocenters. The van der Waals surface area contributed by atoms with Gasteiger partial charge in [-0.1, -0.05) is 28.9 Å². The van der Waals surface area contributed by atoms with Crippen LogP contribution in [0.5, 0.6) is 5.75 Å².